The lowest BCUT2D eigenvalue weighted by Gasteiger charge is -2.04. The maximum absolute atomic E-state index is 11.8. The minimum atomic E-state index is -0.250. The molecule has 0 spiro atoms. The third-order valence-corrected chi connectivity index (χ3v) is 2.37. The molecule has 0 atom stereocenters. The van der Waals surface area contributed by atoms with Crippen LogP contribution in [0, 0.1) is 0 Å². The number of hydrogen-bond acceptors (Lipinski definition) is 3. The van der Waals surface area contributed by atoms with Crippen molar-refractivity contribution >= 4 is 29.0 Å². The Bertz CT molecular complexity index is 540. The highest BCUT2D eigenvalue weighted by Crippen LogP contribution is 2.13. The van der Waals surface area contributed by atoms with Gasteiger partial charge in [-0.05, 0) is 36.4 Å². The van der Waals surface area contributed by atoms with Crippen LogP contribution in [0.1, 0.15) is 10.4 Å². The van der Waals surface area contributed by atoms with Gasteiger partial charge in [0.15, 0.2) is 0 Å². The van der Waals surface area contributed by atoms with E-state index in [1.54, 1.807) is 36.4 Å². The van der Waals surface area contributed by atoms with Gasteiger partial charge in [0.25, 0.3) is 5.91 Å². The molecule has 1 aromatic carbocycles. The maximum atomic E-state index is 11.8. The van der Waals surface area contributed by atoms with Gasteiger partial charge in [-0.15, -0.1) is 0 Å². The van der Waals surface area contributed by atoms with Crippen molar-refractivity contribution in [3.63, 3.8) is 0 Å². The van der Waals surface area contributed by atoms with Gasteiger partial charge < -0.3 is 11.1 Å². The van der Waals surface area contributed by atoms with Crippen molar-refractivity contribution in [1.29, 1.82) is 0 Å². The fourth-order valence-electron chi connectivity index (χ4n) is 1.30. The Hall–Kier alpha value is -2.07. The number of aromatic nitrogens is 1. The first kappa shape index (κ1) is 11.4. The Balaban J connectivity index is 2.14. The highest BCUT2D eigenvalue weighted by atomic mass is 35.5. The average Bonchev–Trinajstić information content (AvgIpc) is 2.29. The highest BCUT2D eigenvalue weighted by molar-refractivity contribution is 6.30. The smallest absolute Gasteiger partial charge is 0.256 e. The molecule has 17 heavy (non-hydrogen) atoms. The molecule has 86 valence electrons. The van der Waals surface area contributed by atoms with Crippen molar-refractivity contribution in [3.05, 3.63) is 53.2 Å². The molecule has 0 radical (unpaired) electrons. The Labute approximate surface area is 103 Å². The zero-order valence-corrected chi connectivity index (χ0v) is 9.61. The molecule has 0 saturated heterocycles. The first-order valence-electron chi connectivity index (χ1n) is 4.93. The van der Waals surface area contributed by atoms with Gasteiger partial charge in [0, 0.05) is 22.5 Å². The predicted molar refractivity (Wildman–Crippen MR) is 68.1 cm³/mol. The normalized spacial score (nSPS) is 9.94. The van der Waals surface area contributed by atoms with E-state index in [1.165, 1.54) is 6.20 Å². The van der Waals surface area contributed by atoms with Gasteiger partial charge in [-0.1, -0.05) is 11.6 Å². The Morgan fingerprint density at radius 2 is 1.94 bits per heavy atom. The quantitative estimate of drug-likeness (QED) is 0.802. The molecule has 0 aliphatic rings. The molecule has 1 heterocycles. The van der Waals surface area contributed by atoms with Crippen LogP contribution in [0.4, 0.5) is 11.5 Å². The molecule has 5 heteroatoms. The first-order chi connectivity index (χ1) is 8.15. The molecule has 0 aliphatic heterocycles. The molecule has 4 nitrogen and oxygen atoms in total. The van der Waals surface area contributed by atoms with Gasteiger partial charge in [-0.3, -0.25) is 4.79 Å². The molecule has 0 aliphatic carbocycles. The number of anilines is 2. The molecular formula is C12H10ClN3O. The Morgan fingerprint density at radius 3 is 2.59 bits per heavy atom. The predicted octanol–water partition coefficient (Wildman–Crippen LogP) is 2.57. The van der Waals surface area contributed by atoms with E-state index in [-0.39, 0.29) is 5.91 Å². The van der Waals surface area contributed by atoms with E-state index in [9.17, 15) is 4.79 Å². The van der Waals surface area contributed by atoms with Gasteiger partial charge in [0.05, 0.1) is 0 Å². The van der Waals surface area contributed by atoms with Crippen LogP contribution in [-0.4, -0.2) is 10.9 Å². The van der Waals surface area contributed by atoms with Gasteiger partial charge >= 0.3 is 0 Å². The molecular weight excluding hydrogens is 238 g/mol. The summed E-state index contributed by atoms with van der Waals surface area (Å²) in [7, 11) is 0. The summed E-state index contributed by atoms with van der Waals surface area (Å²) in [5, 5.41) is 3.16. The van der Waals surface area contributed by atoms with Crippen LogP contribution < -0.4 is 11.1 Å². The Kier molecular flexibility index (Phi) is 3.25. The van der Waals surface area contributed by atoms with Gasteiger partial charge in [-0.2, -0.15) is 0 Å². The zero-order valence-electron chi connectivity index (χ0n) is 8.85. The number of nitrogen functional groups attached to an aromatic ring is 1. The van der Waals surface area contributed by atoms with Crippen LogP contribution in [-0.2, 0) is 0 Å². The molecule has 0 saturated carbocycles. The molecule has 0 fully saturated rings. The van der Waals surface area contributed by atoms with Gasteiger partial charge in [0.2, 0.25) is 0 Å². The number of rotatable bonds is 2. The monoisotopic (exact) mass is 247 g/mol. The van der Waals surface area contributed by atoms with E-state index in [1.807, 2.05) is 0 Å². The summed E-state index contributed by atoms with van der Waals surface area (Å²) < 4.78 is 0. The van der Waals surface area contributed by atoms with Crippen molar-refractivity contribution in [2.75, 3.05) is 11.1 Å². The van der Waals surface area contributed by atoms with E-state index >= 15 is 0 Å². The van der Waals surface area contributed by atoms with Gasteiger partial charge in [0.1, 0.15) is 5.82 Å². The standard InChI is InChI=1S/C12H10ClN3O/c13-9-5-6-15-11(7-9)16-12(17)8-1-3-10(14)4-2-8/h1-7H,14H2,(H,15,16,17). The van der Waals surface area contributed by atoms with Gasteiger partial charge in [-0.25, -0.2) is 4.98 Å². The van der Waals surface area contributed by atoms with Crippen molar-refractivity contribution in [1.82, 2.24) is 4.98 Å². The second-order valence-electron chi connectivity index (χ2n) is 3.44. The summed E-state index contributed by atoms with van der Waals surface area (Å²) in [5.74, 6) is 0.166. The zero-order chi connectivity index (χ0) is 12.3. The Morgan fingerprint density at radius 1 is 1.24 bits per heavy atom. The fraction of sp³-hybridized carbons (Fsp3) is 0. The number of amides is 1. The molecule has 3 N–H and O–H groups in total. The molecule has 1 amide bonds. The maximum Gasteiger partial charge on any atom is 0.256 e. The van der Waals surface area contributed by atoms with Crippen LogP contribution in [0.15, 0.2) is 42.6 Å². The number of nitrogens with two attached hydrogens (primary N) is 1. The summed E-state index contributed by atoms with van der Waals surface area (Å²) in [4.78, 5) is 15.8. The van der Waals surface area contributed by atoms with Crippen LogP contribution in [0.25, 0.3) is 0 Å². The van der Waals surface area contributed by atoms with E-state index in [0.717, 1.165) is 0 Å². The molecule has 2 rings (SSSR count). The third kappa shape index (κ3) is 2.95. The van der Waals surface area contributed by atoms with Crippen LogP contribution in [0.2, 0.25) is 5.02 Å². The summed E-state index contributed by atoms with van der Waals surface area (Å²) in [6, 6.07) is 9.85. The molecule has 0 unspecified atom stereocenters. The van der Waals surface area contributed by atoms with Crippen LogP contribution in [0.5, 0.6) is 0 Å². The number of pyridine rings is 1. The number of nitrogens with one attached hydrogen (secondary N) is 1. The lowest BCUT2D eigenvalue weighted by molar-refractivity contribution is 0.102. The number of carbonyl (C=O) groups excluding carboxylic acids is 1. The van der Waals surface area contributed by atoms with Crippen molar-refractivity contribution in [2.24, 2.45) is 0 Å². The number of halogens is 1. The molecule has 1 aromatic heterocycles. The summed E-state index contributed by atoms with van der Waals surface area (Å²) >= 11 is 5.79. The number of hydrogen-bond donors (Lipinski definition) is 2. The number of carbonyl (C=O) groups is 1. The minimum absolute atomic E-state index is 0.250. The third-order valence-electron chi connectivity index (χ3n) is 2.14. The summed E-state index contributed by atoms with van der Waals surface area (Å²) in [6.45, 7) is 0. The largest absolute Gasteiger partial charge is 0.399 e. The lowest BCUT2D eigenvalue weighted by Crippen LogP contribution is -2.12. The van der Waals surface area contributed by atoms with Crippen molar-refractivity contribution in [2.45, 2.75) is 0 Å². The van der Waals surface area contributed by atoms with E-state index in [0.29, 0.717) is 22.1 Å². The SMILES string of the molecule is Nc1ccc(C(=O)Nc2cc(Cl)ccn2)cc1. The fourth-order valence-corrected chi connectivity index (χ4v) is 1.46. The lowest BCUT2D eigenvalue weighted by atomic mass is 10.2. The molecule has 0 bridgehead atoms. The van der Waals surface area contributed by atoms with E-state index in [2.05, 4.69) is 10.3 Å². The number of nitrogens with zero attached hydrogens (tertiary/aromatic N) is 1. The second kappa shape index (κ2) is 4.84. The summed E-state index contributed by atoms with van der Waals surface area (Å²) in [5.41, 5.74) is 6.67. The minimum Gasteiger partial charge on any atom is -0.399 e. The second-order valence-corrected chi connectivity index (χ2v) is 3.87. The highest BCUT2D eigenvalue weighted by Gasteiger charge is 2.06. The average molecular weight is 248 g/mol. The van der Waals surface area contributed by atoms with Crippen LogP contribution in [0.3, 0.4) is 0 Å². The summed E-state index contributed by atoms with van der Waals surface area (Å²) in [6.07, 6.45) is 1.53. The molecule has 2 aromatic rings. The topological polar surface area (TPSA) is 68.0 Å². The first-order valence-corrected chi connectivity index (χ1v) is 5.31. The van der Waals surface area contributed by atoms with E-state index in [4.69, 9.17) is 17.3 Å². The van der Waals surface area contributed by atoms with Crippen LogP contribution >= 0.6 is 11.6 Å². The van der Waals surface area contributed by atoms with E-state index < -0.39 is 0 Å². The number of benzene rings is 1. The van der Waals surface area contributed by atoms with Crippen molar-refractivity contribution in [3.8, 4) is 0 Å². The van der Waals surface area contributed by atoms with Crippen molar-refractivity contribution < 1.29 is 4.79 Å².